The SMILES string of the molecule is C=CCC1/C=C(\C)CC(C)CC(OC)C2OC(O)(C(=O)C(=O)N3CCCCC3C(=O)OC(C(C)=CC3CCC(N)C(OCC=Cc4ccccc4)C3)C(C)C(O)CC1=O)C(C)CC2OC. The lowest BCUT2D eigenvalue weighted by molar-refractivity contribution is -0.302. The van der Waals surface area contributed by atoms with E-state index in [1.807, 2.05) is 69.3 Å². The van der Waals surface area contributed by atoms with Gasteiger partial charge in [0.2, 0.25) is 5.79 Å². The van der Waals surface area contributed by atoms with Gasteiger partial charge < -0.3 is 44.5 Å². The number of rotatable bonds is 10. The van der Waals surface area contributed by atoms with Gasteiger partial charge in [0, 0.05) is 51.0 Å². The van der Waals surface area contributed by atoms with Crippen molar-refractivity contribution in [2.45, 2.75) is 160 Å². The summed E-state index contributed by atoms with van der Waals surface area (Å²) in [5, 5.41) is 24.0. The Morgan fingerprint density at radius 3 is 2.37 bits per heavy atom. The fourth-order valence-electron chi connectivity index (χ4n) is 10.3. The van der Waals surface area contributed by atoms with Crippen LogP contribution >= 0.6 is 0 Å². The molecule has 14 unspecified atom stereocenters. The highest BCUT2D eigenvalue weighted by atomic mass is 16.7. The molecule has 1 aromatic carbocycles. The third kappa shape index (κ3) is 13.4. The zero-order valence-electron chi connectivity index (χ0n) is 39.8. The Hall–Kier alpha value is -3.82. The third-order valence-electron chi connectivity index (χ3n) is 14.2. The van der Waals surface area contributed by atoms with E-state index < -0.39 is 77.8 Å². The number of esters is 1. The number of nitrogens with zero attached hydrogens (tertiary/aromatic N) is 1. The first-order valence-electron chi connectivity index (χ1n) is 23.8. The van der Waals surface area contributed by atoms with Crippen molar-refractivity contribution in [2.24, 2.45) is 35.3 Å². The lowest BCUT2D eigenvalue weighted by Crippen LogP contribution is -2.64. The van der Waals surface area contributed by atoms with Crippen LogP contribution in [0.1, 0.15) is 111 Å². The van der Waals surface area contributed by atoms with Crippen molar-refractivity contribution in [3.05, 3.63) is 77.9 Å². The number of fused-ring (bicyclic) bond motifs is 3. The van der Waals surface area contributed by atoms with Crippen molar-refractivity contribution in [2.75, 3.05) is 27.4 Å². The molecule has 13 heteroatoms. The van der Waals surface area contributed by atoms with E-state index in [1.165, 1.54) is 19.1 Å². The number of aliphatic hydroxyl groups is 2. The van der Waals surface area contributed by atoms with Gasteiger partial charge in [0.05, 0.1) is 31.0 Å². The molecule has 1 aliphatic carbocycles. The summed E-state index contributed by atoms with van der Waals surface area (Å²) in [5.41, 5.74) is 9.28. The Labute approximate surface area is 386 Å². The Bertz CT molecular complexity index is 1860. The van der Waals surface area contributed by atoms with Crippen molar-refractivity contribution >= 4 is 29.5 Å². The fourth-order valence-corrected chi connectivity index (χ4v) is 10.3. The van der Waals surface area contributed by atoms with Crippen LogP contribution < -0.4 is 5.73 Å². The molecule has 2 saturated heterocycles. The van der Waals surface area contributed by atoms with Gasteiger partial charge >= 0.3 is 5.97 Å². The summed E-state index contributed by atoms with van der Waals surface area (Å²) < 4.78 is 30.7. The van der Waals surface area contributed by atoms with Crippen molar-refractivity contribution < 1.29 is 53.1 Å². The van der Waals surface area contributed by atoms with Gasteiger partial charge in [0.15, 0.2) is 0 Å². The van der Waals surface area contributed by atoms with Gasteiger partial charge in [-0.25, -0.2) is 4.79 Å². The van der Waals surface area contributed by atoms with Crippen LogP contribution in [0.4, 0.5) is 0 Å². The molecule has 1 saturated carbocycles. The number of benzene rings is 1. The highest BCUT2D eigenvalue weighted by molar-refractivity contribution is 6.39. The van der Waals surface area contributed by atoms with Crippen LogP contribution in [-0.2, 0) is 42.9 Å². The molecule has 3 fully saturated rings. The van der Waals surface area contributed by atoms with E-state index in [1.54, 1.807) is 19.9 Å². The lowest BCUT2D eigenvalue weighted by Gasteiger charge is -2.47. The van der Waals surface area contributed by atoms with E-state index in [9.17, 15) is 29.4 Å². The number of allylic oxidation sites excluding steroid dienone is 4. The molecule has 65 heavy (non-hydrogen) atoms. The summed E-state index contributed by atoms with van der Waals surface area (Å²) in [7, 11) is 3.07. The van der Waals surface area contributed by atoms with E-state index >= 15 is 0 Å². The number of piperidine rings is 1. The first kappa shape index (κ1) is 52.2. The average molecular weight is 905 g/mol. The molecular formula is C52H76N2O11. The highest BCUT2D eigenvalue weighted by Crippen LogP contribution is 2.39. The van der Waals surface area contributed by atoms with Crippen LogP contribution in [-0.4, -0.2) is 120 Å². The van der Waals surface area contributed by atoms with Crippen LogP contribution in [0.15, 0.2) is 72.4 Å². The third-order valence-corrected chi connectivity index (χ3v) is 14.2. The van der Waals surface area contributed by atoms with E-state index in [0.29, 0.717) is 50.7 Å². The number of aliphatic hydroxyl groups excluding tert-OH is 1. The molecule has 4 aliphatic rings. The molecule has 3 heterocycles. The number of ketones is 2. The Morgan fingerprint density at radius 1 is 0.969 bits per heavy atom. The van der Waals surface area contributed by atoms with Crippen LogP contribution in [0, 0.1) is 29.6 Å². The number of carbonyl (C=O) groups excluding carboxylic acids is 4. The van der Waals surface area contributed by atoms with Crippen LogP contribution in [0.2, 0.25) is 0 Å². The molecule has 14 atom stereocenters. The number of hydrogen-bond acceptors (Lipinski definition) is 12. The number of ether oxygens (including phenoxy) is 5. The maximum absolute atomic E-state index is 14.5. The van der Waals surface area contributed by atoms with Crippen molar-refractivity contribution in [3.8, 4) is 0 Å². The van der Waals surface area contributed by atoms with Crippen molar-refractivity contribution in [1.29, 1.82) is 0 Å². The predicted octanol–water partition coefficient (Wildman–Crippen LogP) is 6.69. The molecule has 4 N–H and O–H groups in total. The topological polar surface area (TPSA) is 184 Å². The minimum Gasteiger partial charge on any atom is -0.456 e. The van der Waals surface area contributed by atoms with Gasteiger partial charge in [-0.1, -0.05) is 87.1 Å². The number of Topliss-reactive ketones (excluding diaryl/α,β-unsaturated/α-hetero) is 2. The van der Waals surface area contributed by atoms with Gasteiger partial charge in [-0.3, -0.25) is 14.4 Å². The van der Waals surface area contributed by atoms with Crippen LogP contribution in [0.25, 0.3) is 6.08 Å². The minimum absolute atomic E-state index is 0.00676. The molecule has 1 amide bonds. The van der Waals surface area contributed by atoms with E-state index in [2.05, 4.69) is 12.7 Å². The largest absolute Gasteiger partial charge is 0.456 e. The summed E-state index contributed by atoms with van der Waals surface area (Å²) in [6.45, 7) is 13.6. The average Bonchev–Trinajstić information content (AvgIpc) is 3.29. The monoisotopic (exact) mass is 905 g/mol. The quantitative estimate of drug-likeness (QED) is 0.129. The Morgan fingerprint density at radius 2 is 1.68 bits per heavy atom. The zero-order chi connectivity index (χ0) is 47.4. The number of amides is 1. The normalized spacial score (nSPS) is 37.4. The predicted molar refractivity (Wildman–Crippen MR) is 249 cm³/mol. The summed E-state index contributed by atoms with van der Waals surface area (Å²) >= 11 is 0. The number of nitrogens with two attached hydrogens (primary N) is 1. The van der Waals surface area contributed by atoms with Gasteiger partial charge in [-0.15, -0.1) is 6.58 Å². The first-order chi connectivity index (χ1) is 31.0. The fraction of sp³-hybridized carbons (Fsp3) is 0.654. The van der Waals surface area contributed by atoms with Gasteiger partial charge in [0.25, 0.3) is 11.7 Å². The highest BCUT2D eigenvalue weighted by Gasteiger charge is 2.56. The molecule has 5 rings (SSSR count). The standard InChI is InChI=1S/C52H76N2O11/c1-9-16-39-26-32(2)25-33(3)27-45(61-7)48-46(62-8)29-35(5)52(60,65-48)49(57)50(58)54-23-14-13-20-41(54)51(59)64-47(36(6)42(55)31-43(39)56)34(4)28-38-21-22-40(53)44(30-38)63-24-15-19-37-17-11-10-12-18-37/h9-12,15,17-19,26,28,33,35-36,38-42,44-48,55,60H,1,13-14,16,20-25,27,29-31,53H2,2-8H3/b19-15?,32-26+,34-28?. The van der Waals surface area contributed by atoms with Gasteiger partial charge in [0.1, 0.15) is 24.0 Å². The summed E-state index contributed by atoms with van der Waals surface area (Å²) in [6.07, 6.45) is 10.1. The smallest absolute Gasteiger partial charge is 0.329 e. The number of cyclic esters (lactones) is 1. The summed E-state index contributed by atoms with van der Waals surface area (Å²) in [4.78, 5) is 58.5. The molecule has 0 spiro atoms. The number of methoxy groups -OCH3 is 2. The second-order valence-electron chi connectivity index (χ2n) is 19.3. The van der Waals surface area contributed by atoms with E-state index in [-0.39, 0.29) is 55.6 Å². The van der Waals surface area contributed by atoms with Crippen LogP contribution in [0.3, 0.4) is 0 Å². The van der Waals surface area contributed by atoms with Gasteiger partial charge in [-0.05, 0) is 101 Å². The second-order valence-corrected chi connectivity index (χ2v) is 19.3. The number of hydrogen-bond donors (Lipinski definition) is 3. The van der Waals surface area contributed by atoms with Gasteiger partial charge in [-0.2, -0.15) is 0 Å². The lowest BCUT2D eigenvalue weighted by atomic mass is 9.81. The second kappa shape index (κ2) is 24.3. The van der Waals surface area contributed by atoms with Crippen molar-refractivity contribution in [3.63, 3.8) is 0 Å². The molecule has 360 valence electrons. The summed E-state index contributed by atoms with van der Waals surface area (Å²) in [6, 6.07) is 8.67. The van der Waals surface area contributed by atoms with E-state index in [0.717, 1.165) is 24.0 Å². The molecule has 0 aromatic heterocycles. The molecule has 0 radical (unpaired) electrons. The molecular weight excluding hydrogens is 829 g/mol. The molecule has 13 nitrogen and oxygen atoms in total. The molecule has 1 aromatic rings. The summed E-state index contributed by atoms with van der Waals surface area (Å²) in [5.74, 6) is -7.72. The maximum atomic E-state index is 14.5. The molecule has 3 aliphatic heterocycles. The van der Waals surface area contributed by atoms with E-state index in [4.69, 9.17) is 29.4 Å². The Balaban J connectivity index is 1.48. The number of carbonyl (C=O) groups is 4. The minimum atomic E-state index is -2.52. The first-order valence-corrected chi connectivity index (χ1v) is 23.8. The maximum Gasteiger partial charge on any atom is 0.329 e. The van der Waals surface area contributed by atoms with Crippen LogP contribution in [0.5, 0.6) is 0 Å². The van der Waals surface area contributed by atoms with Crippen molar-refractivity contribution in [1.82, 2.24) is 4.90 Å². The Kier molecular flexibility index (Phi) is 19.5. The zero-order valence-corrected chi connectivity index (χ0v) is 39.8. The molecule has 2 bridgehead atoms.